The normalized spacial score (nSPS) is 17.7. The lowest BCUT2D eigenvalue weighted by molar-refractivity contribution is -0.137. The number of anilines is 2. The molecule has 0 spiro atoms. The summed E-state index contributed by atoms with van der Waals surface area (Å²) in [7, 11) is 3.40. The first kappa shape index (κ1) is 32.6. The molecule has 44 heavy (non-hydrogen) atoms. The lowest BCUT2D eigenvalue weighted by Crippen LogP contribution is -2.49. The van der Waals surface area contributed by atoms with E-state index in [1.807, 2.05) is 18.9 Å². The van der Waals surface area contributed by atoms with Crippen molar-refractivity contribution >= 4 is 23.3 Å². The van der Waals surface area contributed by atoms with Crippen molar-refractivity contribution in [1.29, 1.82) is 0 Å². The van der Waals surface area contributed by atoms with Crippen molar-refractivity contribution < 1.29 is 37.3 Å². The van der Waals surface area contributed by atoms with Crippen LogP contribution in [0.25, 0.3) is 0 Å². The zero-order chi connectivity index (χ0) is 32.0. The highest BCUT2D eigenvalue weighted by atomic mass is 19.4. The Bertz CT molecular complexity index is 1430. The van der Waals surface area contributed by atoms with Gasteiger partial charge >= 0.3 is 12.2 Å². The van der Waals surface area contributed by atoms with E-state index < -0.39 is 29.9 Å². The Labute approximate surface area is 254 Å². The molecule has 1 aliphatic rings. The molecule has 0 saturated carbocycles. The number of rotatable bonds is 9. The van der Waals surface area contributed by atoms with Crippen LogP contribution >= 0.6 is 0 Å². The molecule has 3 amide bonds. The van der Waals surface area contributed by atoms with Gasteiger partial charge in [0.2, 0.25) is 0 Å². The molecule has 3 aromatic carbocycles. The monoisotopic (exact) mass is 614 g/mol. The summed E-state index contributed by atoms with van der Waals surface area (Å²) < 4.78 is 50.4. The molecule has 3 atom stereocenters. The number of nitrogens with one attached hydrogen (secondary N) is 2. The fraction of sp³-hybridized carbons (Fsp3) is 0.375. The number of aliphatic hydroxyl groups excluding tert-OH is 1. The highest BCUT2D eigenvalue weighted by Gasteiger charge is 2.34. The van der Waals surface area contributed by atoms with Gasteiger partial charge in [0.1, 0.15) is 17.6 Å². The maximum absolute atomic E-state index is 13.7. The number of benzene rings is 3. The molecule has 12 heteroatoms. The molecule has 236 valence electrons. The summed E-state index contributed by atoms with van der Waals surface area (Å²) in [5.74, 6) is 0.482. The molecule has 0 aromatic heterocycles. The van der Waals surface area contributed by atoms with Gasteiger partial charge in [-0.2, -0.15) is 13.2 Å². The van der Waals surface area contributed by atoms with Crippen LogP contribution in [0.3, 0.4) is 0 Å². The second-order valence-electron chi connectivity index (χ2n) is 11.0. The van der Waals surface area contributed by atoms with Crippen LogP contribution in [-0.2, 0) is 12.7 Å². The van der Waals surface area contributed by atoms with Gasteiger partial charge in [0, 0.05) is 36.9 Å². The van der Waals surface area contributed by atoms with Crippen LogP contribution in [0.5, 0.6) is 11.5 Å². The molecule has 0 radical (unpaired) electrons. The van der Waals surface area contributed by atoms with E-state index in [2.05, 4.69) is 10.6 Å². The zero-order valence-corrected chi connectivity index (χ0v) is 25.0. The number of methoxy groups -OCH3 is 1. The maximum atomic E-state index is 13.7. The molecular weight excluding hydrogens is 577 g/mol. The van der Waals surface area contributed by atoms with E-state index in [1.54, 1.807) is 61.4 Å². The average Bonchev–Trinajstić information content (AvgIpc) is 2.99. The minimum atomic E-state index is -4.40. The number of amides is 3. The van der Waals surface area contributed by atoms with Gasteiger partial charge in [-0.1, -0.05) is 19.1 Å². The van der Waals surface area contributed by atoms with Gasteiger partial charge in [-0.3, -0.25) is 9.69 Å². The fourth-order valence-electron chi connectivity index (χ4n) is 4.97. The van der Waals surface area contributed by atoms with Crippen LogP contribution in [0.4, 0.5) is 29.3 Å². The first-order chi connectivity index (χ1) is 20.9. The van der Waals surface area contributed by atoms with Crippen LogP contribution in [0.15, 0.2) is 66.7 Å². The quantitative estimate of drug-likeness (QED) is 0.285. The summed E-state index contributed by atoms with van der Waals surface area (Å²) in [5, 5.41) is 15.4. The molecule has 4 rings (SSSR count). The van der Waals surface area contributed by atoms with E-state index in [4.69, 9.17) is 9.47 Å². The second-order valence-corrected chi connectivity index (χ2v) is 11.0. The summed E-state index contributed by atoms with van der Waals surface area (Å²) in [4.78, 5) is 29.9. The number of alkyl halides is 3. The number of nitrogens with zero attached hydrogens (tertiary/aromatic N) is 2. The predicted molar refractivity (Wildman–Crippen MR) is 161 cm³/mol. The number of hydrogen-bond donors (Lipinski definition) is 3. The number of aliphatic hydroxyl groups is 1. The number of hydrogen-bond acceptors (Lipinski definition) is 6. The molecular formula is C32H37F3N4O5. The van der Waals surface area contributed by atoms with Gasteiger partial charge in [0.25, 0.3) is 5.91 Å². The lowest BCUT2D eigenvalue weighted by atomic mass is 9.99. The first-order valence-electron chi connectivity index (χ1n) is 14.2. The number of fused-ring (bicyclic) bond motifs is 1. The number of halogens is 3. The molecule has 0 aliphatic carbocycles. The van der Waals surface area contributed by atoms with E-state index >= 15 is 0 Å². The van der Waals surface area contributed by atoms with Gasteiger partial charge in [0.05, 0.1) is 30.9 Å². The third kappa shape index (κ3) is 8.20. The number of likely N-dealkylation sites (N-methyl/N-ethyl adjacent to an activating group) is 1. The number of carbonyl (C=O) groups excluding carboxylic acids is 2. The fourth-order valence-corrected chi connectivity index (χ4v) is 4.97. The third-order valence-corrected chi connectivity index (χ3v) is 7.50. The first-order valence-corrected chi connectivity index (χ1v) is 14.2. The highest BCUT2D eigenvalue weighted by molar-refractivity contribution is 6.02. The SMILES string of the molecule is COc1ccc(NC(=O)Nc2ccc3c(c2)C(=O)N([C@@H](C)CO)C[C@@H](C)[C@@H](CN(C)Cc2ccc(C(F)(F)F)cc2)O3)cc1. The summed E-state index contributed by atoms with van der Waals surface area (Å²) in [6.45, 7) is 4.57. The van der Waals surface area contributed by atoms with Crippen molar-refractivity contribution in [2.45, 2.75) is 38.7 Å². The second kappa shape index (κ2) is 14.0. The van der Waals surface area contributed by atoms with E-state index in [1.165, 1.54) is 12.1 Å². The Kier molecular flexibility index (Phi) is 10.4. The molecule has 3 N–H and O–H groups in total. The van der Waals surface area contributed by atoms with Crippen molar-refractivity contribution in [3.63, 3.8) is 0 Å². The van der Waals surface area contributed by atoms with Crippen molar-refractivity contribution in [1.82, 2.24) is 9.80 Å². The molecule has 1 heterocycles. The molecule has 0 saturated heterocycles. The predicted octanol–water partition coefficient (Wildman–Crippen LogP) is 5.71. The highest BCUT2D eigenvalue weighted by Crippen LogP contribution is 2.32. The van der Waals surface area contributed by atoms with E-state index in [-0.39, 0.29) is 24.0 Å². The third-order valence-electron chi connectivity index (χ3n) is 7.50. The summed E-state index contributed by atoms with van der Waals surface area (Å²) in [6, 6.07) is 15.7. The Hall–Kier alpha value is -4.29. The lowest BCUT2D eigenvalue weighted by Gasteiger charge is -2.38. The van der Waals surface area contributed by atoms with Gasteiger partial charge in [-0.05, 0) is 74.1 Å². The number of urea groups is 1. The summed E-state index contributed by atoms with van der Waals surface area (Å²) in [6.07, 6.45) is -4.79. The Morgan fingerprint density at radius 2 is 1.73 bits per heavy atom. The standard InChI is InChI=1S/C32H37F3N4O5/c1-20-16-39(21(2)19-40)30(41)27-15-25(37-31(42)36-24-9-12-26(43-4)13-10-24)11-14-28(27)44-29(20)18-38(3)17-22-5-7-23(8-6-22)32(33,34)35/h5-15,20-21,29,40H,16-19H2,1-4H3,(H2,36,37,42)/t20-,21+,29-/m1/s1. The molecule has 1 aliphatic heterocycles. The average molecular weight is 615 g/mol. The van der Waals surface area contributed by atoms with Crippen molar-refractivity contribution in [2.24, 2.45) is 5.92 Å². The molecule has 0 bridgehead atoms. The zero-order valence-electron chi connectivity index (χ0n) is 25.0. The smallest absolute Gasteiger partial charge is 0.416 e. The maximum Gasteiger partial charge on any atom is 0.416 e. The van der Waals surface area contributed by atoms with Crippen LogP contribution in [-0.4, -0.2) is 72.8 Å². The van der Waals surface area contributed by atoms with Crippen LogP contribution in [0.1, 0.15) is 35.3 Å². The van der Waals surface area contributed by atoms with Crippen molar-refractivity contribution in [3.05, 3.63) is 83.4 Å². The summed E-state index contributed by atoms with van der Waals surface area (Å²) >= 11 is 0. The van der Waals surface area contributed by atoms with Gasteiger partial charge in [-0.25, -0.2) is 4.79 Å². The minimum Gasteiger partial charge on any atom is -0.497 e. The van der Waals surface area contributed by atoms with Crippen molar-refractivity contribution in [3.8, 4) is 11.5 Å². The molecule has 0 fully saturated rings. The topological polar surface area (TPSA) is 103 Å². The van der Waals surface area contributed by atoms with Crippen LogP contribution < -0.4 is 20.1 Å². The Balaban J connectivity index is 1.52. The van der Waals surface area contributed by atoms with Crippen molar-refractivity contribution in [2.75, 3.05) is 44.5 Å². The van der Waals surface area contributed by atoms with E-state index in [9.17, 15) is 27.9 Å². The number of ether oxygens (including phenoxy) is 2. The van der Waals surface area contributed by atoms with Gasteiger partial charge in [-0.15, -0.1) is 0 Å². The largest absolute Gasteiger partial charge is 0.497 e. The number of carbonyl (C=O) groups is 2. The van der Waals surface area contributed by atoms with Gasteiger partial charge in [0.15, 0.2) is 0 Å². The van der Waals surface area contributed by atoms with E-state index in [0.717, 1.165) is 12.1 Å². The Morgan fingerprint density at radius 1 is 1.09 bits per heavy atom. The Morgan fingerprint density at radius 3 is 2.34 bits per heavy atom. The van der Waals surface area contributed by atoms with Crippen LogP contribution in [0, 0.1) is 5.92 Å². The van der Waals surface area contributed by atoms with E-state index in [0.29, 0.717) is 48.1 Å². The minimum absolute atomic E-state index is 0.149. The molecule has 9 nitrogen and oxygen atoms in total. The van der Waals surface area contributed by atoms with Crippen LogP contribution in [0.2, 0.25) is 0 Å². The molecule has 0 unspecified atom stereocenters. The van der Waals surface area contributed by atoms with Gasteiger partial charge < -0.3 is 30.1 Å². The summed E-state index contributed by atoms with van der Waals surface area (Å²) in [5.41, 5.74) is 1.16. The molecule has 3 aromatic rings.